The molecule has 7 heteroatoms. The van der Waals surface area contributed by atoms with Gasteiger partial charge >= 0.3 is 5.69 Å². The van der Waals surface area contributed by atoms with Crippen molar-refractivity contribution < 1.29 is 19.0 Å². The largest absolute Gasteiger partial charge is 0.389 e. The van der Waals surface area contributed by atoms with Gasteiger partial charge in [0.1, 0.15) is 5.82 Å². The average Bonchev–Trinajstić information content (AvgIpc) is 2.96. The topological polar surface area (TPSA) is 73.5 Å². The number of imidazole rings is 1. The lowest BCUT2D eigenvalue weighted by atomic mass is 10.1. The Morgan fingerprint density at radius 3 is 2.52 bits per heavy atom. The van der Waals surface area contributed by atoms with E-state index in [1.54, 1.807) is 55.6 Å². The lowest BCUT2D eigenvalue weighted by Gasteiger charge is -2.12. The van der Waals surface area contributed by atoms with Crippen LogP contribution in [0.15, 0.2) is 59.5 Å². The van der Waals surface area contributed by atoms with Crippen molar-refractivity contribution in [2.75, 3.05) is 6.61 Å². The van der Waals surface area contributed by atoms with Gasteiger partial charge in [-0.3, -0.25) is 13.9 Å². The van der Waals surface area contributed by atoms with E-state index in [1.165, 1.54) is 22.1 Å². The molecule has 0 fully saturated rings. The van der Waals surface area contributed by atoms with Gasteiger partial charge in [-0.2, -0.15) is 0 Å². The molecule has 0 saturated heterocycles. The Balaban J connectivity index is 1.65. The number of aryl methyl sites for hydroxylation is 1. The molecule has 3 aromatic rings. The third kappa shape index (κ3) is 4.88. The van der Waals surface area contributed by atoms with Crippen molar-refractivity contribution in [1.29, 1.82) is 0 Å². The van der Waals surface area contributed by atoms with Crippen LogP contribution in [-0.4, -0.2) is 32.7 Å². The average molecular weight is 398 g/mol. The van der Waals surface area contributed by atoms with Crippen molar-refractivity contribution in [2.24, 2.45) is 0 Å². The highest BCUT2D eigenvalue weighted by molar-refractivity contribution is 5.94. The number of benzene rings is 2. The monoisotopic (exact) mass is 398 g/mol. The number of carbonyl (C=O) groups is 1. The highest BCUT2D eigenvalue weighted by Crippen LogP contribution is 2.12. The molecule has 0 aliphatic heterocycles. The Morgan fingerprint density at radius 2 is 1.86 bits per heavy atom. The Labute approximate surface area is 167 Å². The van der Waals surface area contributed by atoms with Crippen molar-refractivity contribution >= 4 is 5.78 Å². The van der Waals surface area contributed by atoms with Crippen LogP contribution in [0.5, 0.6) is 0 Å². The van der Waals surface area contributed by atoms with E-state index in [0.717, 1.165) is 0 Å². The Morgan fingerprint density at radius 1 is 1.17 bits per heavy atom. The molecule has 1 heterocycles. The Bertz CT molecular complexity index is 1050. The fraction of sp³-hybridized carbons (Fsp3) is 0.273. The predicted octanol–water partition coefficient (Wildman–Crippen LogP) is 2.87. The number of ketones is 1. The Hall–Kier alpha value is -3.03. The molecule has 0 bridgehead atoms. The van der Waals surface area contributed by atoms with Gasteiger partial charge < -0.3 is 9.84 Å². The van der Waals surface area contributed by atoms with Gasteiger partial charge in [0.15, 0.2) is 5.78 Å². The van der Waals surface area contributed by atoms with Gasteiger partial charge in [-0.05, 0) is 44.2 Å². The number of hydrogen-bond donors (Lipinski definition) is 1. The predicted molar refractivity (Wildman–Crippen MR) is 107 cm³/mol. The van der Waals surface area contributed by atoms with Crippen molar-refractivity contribution in [3.05, 3.63) is 87.9 Å². The van der Waals surface area contributed by atoms with E-state index in [9.17, 15) is 19.1 Å². The molecule has 3 rings (SSSR count). The number of carbonyl (C=O) groups excluding carboxylic acids is 1. The van der Waals surface area contributed by atoms with Crippen LogP contribution in [-0.2, 0) is 17.9 Å². The molecule has 29 heavy (non-hydrogen) atoms. The number of rotatable bonds is 8. The number of aliphatic hydroxyl groups is 1. The summed E-state index contributed by atoms with van der Waals surface area (Å²) in [5.74, 6) is -0.404. The van der Waals surface area contributed by atoms with Gasteiger partial charge in [-0.1, -0.05) is 18.2 Å². The van der Waals surface area contributed by atoms with E-state index < -0.39 is 6.10 Å². The highest BCUT2D eigenvalue weighted by Gasteiger charge is 2.14. The number of aliphatic hydroxyl groups excluding tert-OH is 1. The van der Waals surface area contributed by atoms with Gasteiger partial charge in [0, 0.05) is 23.0 Å². The molecule has 0 spiro atoms. The summed E-state index contributed by atoms with van der Waals surface area (Å²) < 4.78 is 21.9. The lowest BCUT2D eigenvalue weighted by Crippen LogP contribution is -2.30. The van der Waals surface area contributed by atoms with Gasteiger partial charge in [0.25, 0.3) is 0 Å². The molecule has 0 unspecified atom stereocenters. The highest BCUT2D eigenvalue weighted by atomic mass is 19.1. The third-order valence-corrected chi connectivity index (χ3v) is 4.60. The van der Waals surface area contributed by atoms with Crippen molar-refractivity contribution in [1.82, 2.24) is 9.13 Å². The summed E-state index contributed by atoms with van der Waals surface area (Å²) >= 11 is 0. The summed E-state index contributed by atoms with van der Waals surface area (Å²) in [6, 6.07) is 13.1. The molecule has 0 aliphatic carbocycles. The van der Waals surface area contributed by atoms with Crippen LogP contribution in [0.25, 0.3) is 5.69 Å². The fourth-order valence-corrected chi connectivity index (χ4v) is 3.11. The third-order valence-electron chi connectivity index (χ3n) is 4.60. The summed E-state index contributed by atoms with van der Waals surface area (Å²) in [5, 5.41) is 10.2. The number of Topliss-reactive ketones (excluding diaryl/α,β-unsaturated/α-hetero) is 1. The molecule has 152 valence electrons. The molecule has 0 amide bonds. The molecule has 0 saturated carbocycles. The first-order chi connectivity index (χ1) is 13.9. The Kier molecular flexibility index (Phi) is 6.41. The van der Waals surface area contributed by atoms with Crippen LogP contribution in [0.3, 0.4) is 0 Å². The molecule has 0 radical (unpaired) electrons. The van der Waals surface area contributed by atoms with E-state index in [0.29, 0.717) is 22.5 Å². The van der Waals surface area contributed by atoms with Crippen LogP contribution in [0, 0.1) is 12.7 Å². The maximum Gasteiger partial charge on any atom is 0.333 e. The molecule has 1 aromatic heterocycles. The van der Waals surface area contributed by atoms with E-state index in [4.69, 9.17) is 4.74 Å². The van der Waals surface area contributed by atoms with Crippen molar-refractivity contribution in [3.8, 4) is 5.69 Å². The van der Waals surface area contributed by atoms with Crippen molar-refractivity contribution in [3.63, 3.8) is 0 Å². The van der Waals surface area contributed by atoms with E-state index >= 15 is 0 Å². The standard InChI is InChI=1S/C22H23FN2O4/c1-15-11-24(12-20(27)14-29-13-18-5-3-4-6-21(18)23)22(28)25(15)19-9-7-17(8-10-19)16(2)26/h3-11,20,27H,12-14H2,1-2H3/t20-/m1/s1. The van der Waals surface area contributed by atoms with Gasteiger partial charge in [0.05, 0.1) is 31.5 Å². The minimum atomic E-state index is -0.921. The zero-order chi connectivity index (χ0) is 21.0. The molecule has 0 aliphatic rings. The number of hydrogen-bond acceptors (Lipinski definition) is 4. The first-order valence-electron chi connectivity index (χ1n) is 9.26. The van der Waals surface area contributed by atoms with Crippen molar-refractivity contribution in [2.45, 2.75) is 33.1 Å². The first-order valence-corrected chi connectivity index (χ1v) is 9.26. The minimum Gasteiger partial charge on any atom is -0.389 e. The second-order valence-electron chi connectivity index (χ2n) is 6.90. The zero-order valence-electron chi connectivity index (χ0n) is 16.3. The number of nitrogens with zero attached hydrogens (tertiary/aromatic N) is 2. The lowest BCUT2D eigenvalue weighted by molar-refractivity contribution is 0.0190. The van der Waals surface area contributed by atoms with Crippen LogP contribution in [0.2, 0.25) is 0 Å². The molecule has 1 atom stereocenters. The molecular weight excluding hydrogens is 375 g/mol. The van der Waals surface area contributed by atoms with Crippen LogP contribution in [0.4, 0.5) is 4.39 Å². The maximum atomic E-state index is 13.6. The second-order valence-corrected chi connectivity index (χ2v) is 6.90. The van der Waals surface area contributed by atoms with E-state index in [1.807, 2.05) is 0 Å². The molecule has 6 nitrogen and oxygen atoms in total. The van der Waals surface area contributed by atoms with E-state index in [-0.39, 0.29) is 37.0 Å². The summed E-state index contributed by atoms with van der Waals surface area (Å²) in [7, 11) is 0. The van der Waals surface area contributed by atoms with Crippen LogP contribution < -0.4 is 5.69 Å². The van der Waals surface area contributed by atoms with Gasteiger partial charge in [-0.25, -0.2) is 9.18 Å². The fourth-order valence-electron chi connectivity index (χ4n) is 3.11. The summed E-state index contributed by atoms with van der Waals surface area (Å²) in [4.78, 5) is 24.2. The van der Waals surface area contributed by atoms with Crippen LogP contribution >= 0.6 is 0 Å². The number of halogens is 1. The summed E-state index contributed by atoms with van der Waals surface area (Å²) in [5.41, 5.74) is 2.02. The smallest absolute Gasteiger partial charge is 0.333 e. The van der Waals surface area contributed by atoms with Crippen LogP contribution in [0.1, 0.15) is 28.5 Å². The minimum absolute atomic E-state index is 0.0295. The number of aromatic nitrogens is 2. The number of ether oxygens (including phenoxy) is 1. The summed E-state index contributed by atoms with van der Waals surface area (Å²) in [6.07, 6.45) is 0.733. The summed E-state index contributed by atoms with van der Waals surface area (Å²) in [6.45, 7) is 3.34. The quantitative estimate of drug-likeness (QED) is 0.592. The maximum absolute atomic E-state index is 13.6. The second kappa shape index (κ2) is 8.98. The zero-order valence-corrected chi connectivity index (χ0v) is 16.3. The molecule has 1 N–H and O–H groups in total. The van der Waals surface area contributed by atoms with Gasteiger partial charge in [0.2, 0.25) is 0 Å². The first kappa shape index (κ1) is 20.7. The normalized spacial score (nSPS) is 12.1. The van der Waals surface area contributed by atoms with Gasteiger partial charge in [-0.15, -0.1) is 0 Å². The molecular formula is C22H23FN2O4. The van der Waals surface area contributed by atoms with E-state index in [2.05, 4.69) is 0 Å². The SMILES string of the molecule is CC(=O)c1ccc(-n2c(C)cn(C[C@@H](O)COCc3ccccc3F)c2=O)cc1. The molecule has 2 aromatic carbocycles.